The molecule has 0 aliphatic heterocycles. The second-order valence-corrected chi connectivity index (χ2v) is 9.97. The molecule has 2 aromatic carbocycles. The lowest BCUT2D eigenvalue weighted by Gasteiger charge is -2.33. The number of hydrogen-bond acceptors (Lipinski definition) is 1. The van der Waals surface area contributed by atoms with Crippen LogP contribution in [0.3, 0.4) is 0 Å². The third kappa shape index (κ3) is 3.75. The summed E-state index contributed by atoms with van der Waals surface area (Å²) in [5.74, 6) is 0.335. The quantitative estimate of drug-likeness (QED) is 0.396. The van der Waals surface area contributed by atoms with Gasteiger partial charge < -0.3 is 5.11 Å². The van der Waals surface area contributed by atoms with Crippen LogP contribution in [0, 0.1) is 5.92 Å². The third-order valence-electron chi connectivity index (χ3n) is 7.84. The molecule has 30 heavy (non-hydrogen) atoms. The monoisotopic (exact) mass is 404 g/mol. The number of aliphatic hydroxyl groups is 1. The third-order valence-corrected chi connectivity index (χ3v) is 7.84. The first-order chi connectivity index (χ1) is 14.6. The summed E-state index contributed by atoms with van der Waals surface area (Å²) in [5.41, 5.74) is 8.69. The smallest absolute Gasteiger partial charge is 0.0821 e. The molecule has 0 radical (unpaired) electrons. The van der Waals surface area contributed by atoms with Crippen LogP contribution in [0.1, 0.15) is 113 Å². The average molecular weight is 405 g/mol. The average Bonchev–Trinajstić information content (AvgIpc) is 3.19. The van der Waals surface area contributed by atoms with Gasteiger partial charge in [0.2, 0.25) is 0 Å². The van der Waals surface area contributed by atoms with Crippen molar-refractivity contribution in [3.8, 4) is 11.1 Å². The van der Waals surface area contributed by atoms with Crippen molar-refractivity contribution in [1.82, 2.24) is 0 Å². The molecule has 1 heteroatoms. The van der Waals surface area contributed by atoms with Crippen LogP contribution in [-0.4, -0.2) is 5.11 Å². The Morgan fingerprint density at radius 2 is 1.50 bits per heavy atom. The van der Waals surface area contributed by atoms with E-state index in [2.05, 4.69) is 57.2 Å². The van der Waals surface area contributed by atoms with E-state index in [9.17, 15) is 5.11 Å². The van der Waals surface area contributed by atoms with Crippen LogP contribution in [0.5, 0.6) is 0 Å². The first-order valence-corrected chi connectivity index (χ1v) is 12.6. The van der Waals surface area contributed by atoms with E-state index < -0.39 is 0 Å². The fraction of sp³-hybridized carbons (Fsp3) is 0.586. The van der Waals surface area contributed by atoms with Crippen molar-refractivity contribution in [2.45, 2.75) is 103 Å². The van der Waals surface area contributed by atoms with Gasteiger partial charge in [0.05, 0.1) is 6.10 Å². The molecule has 4 rings (SSSR count). The number of aliphatic hydroxyl groups excluding tert-OH is 1. The molecule has 0 spiro atoms. The predicted octanol–water partition coefficient (Wildman–Crippen LogP) is 8.12. The summed E-state index contributed by atoms with van der Waals surface area (Å²) < 4.78 is 0. The molecule has 0 heterocycles. The summed E-state index contributed by atoms with van der Waals surface area (Å²) in [6.07, 6.45) is 13.7. The van der Waals surface area contributed by atoms with E-state index in [1.807, 2.05) is 0 Å². The molecule has 1 N–H and O–H groups in total. The SMILES string of the molecule is CCCCCCC1(CCCCCC)c2ccccc2-c2cc3c(cc21)C(O)C(C)C3. The maximum Gasteiger partial charge on any atom is 0.0821 e. The molecule has 2 aromatic rings. The minimum atomic E-state index is -0.299. The summed E-state index contributed by atoms with van der Waals surface area (Å²) in [6, 6.07) is 14.1. The van der Waals surface area contributed by atoms with Gasteiger partial charge in [-0.25, -0.2) is 0 Å². The van der Waals surface area contributed by atoms with Crippen LogP contribution in [0.15, 0.2) is 36.4 Å². The molecular weight excluding hydrogens is 364 g/mol. The minimum absolute atomic E-state index is 0.133. The van der Waals surface area contributed by atoms with Gasteiger partial charge in [-0.2, -0.15) is 0 Å². The minimum Gasteiger partial charge on any atom is -0.388 e. The Kier molecular flexibility index (Phi) is 6.68. The van der Waals surface area contributed by atoms with Crippen LogP contribution in [0.25, 0.3) is 11.1 Å². The van der Waals surface area contributed by atoms with Crippen molar-refractivity contribution in [3.63, 3.8) is 0 Å². The van der Waals surface area contributed by atoms with Gasteiger partial charge >= 0.3 is 0 Å². The Bertz CT molecular complexity index is 853. The molecule has 162 valence electrons. The molecule has 2 unspecified atom stereocenters. The van der Waals surface area contributed by atoms with Crippen molar-refractivity contribution in [3.05, 3.63) is 58.7 Å². The summed E-state index contributed by atoms with van der Waals surface area (Å²) in [4.78, 5) is 0. The van der Waals surface area contributed by atoms with Crippen LogP contribution in [0.2, 0.25) is 0 Å². The Morgan fingerprint density at radius 1 is 0.833 bits per heavy atom. The lowest BCUT2D eigenvalue weighted by atomic mass is 9.70. The van der Waals surface area contributed by atoms with Crippen molar-refractivity contribution >= 4 is 0 Å². The number of benzene rings is 2. The standard InChI is InChI=1S/C29H40O/c1-4-6-8-12-16-29(17-13-9-7-5-2)26-15-11-10-14-23(26)25-19-22-18-21(3)28(30)24(22)20-27(25)29/h10-11,14-15,19-21,28,30H,4-9,12-13,16-18H2,1-3H3. The van der Waals surface area contributed by atoms with Gasteiger partial charge in [0.1, 0.15) is 0 Å². The van der Waals surface area contributed by atoms with Gasteiger partial charge in [-0.05, 0) is 58.6 Å². The zero-order chi connectivity index (χ0) is 21.1. The molecule has 2 atom stereocenters. The lowest BCUT2D eigenvalue weighted by molar-refractivity contribution is 0.132. The topological polar surface area (TPSA) is 20.2 Å². The highest BCUT2D eigenvalue weighted by molar-refractivity contribution is 5.82. The first-order valence-electron chi connectivity index (χ1n) is 12.6. The van der Waals surface area contributed by atoms with E-state index >= 15 is 0 Å². The maximum absolute atomic E-state index is 10.9. The van der Waals surface area contributed by atoms with Gasteiger partial charge in [0.15, 0.2) is 0 Å². The van der Waals surface area contributed by atoms with Crippen LogP contribution < -0.4 is 0 Å². The van der Waals surface area contributed by atoms with Gasteiger partial charge in [-0.15, -0.1) is 0 Å². The second-order valence-electron chi connectivity index (χ2n) is 9.97. The fourth-order valence-electron chi connectivity index (χ4n) is 6.15. The van der Waals surface area contributed by atoms with Crippen molar-refractivity contribution in [2.24, 2.45) is 5.92 Å². The van der Waals surface area contributed by atoms with Crippen molar-refractivity contribution in [1.29, 1.82) is 0 Å². The fourth-order valence-corrected chi connectivity index (χ4v) is 6.15. The van der Waals surface area contributed by atoms with Gasteiger partial charge in [0.25, 0.3) is 0 Å². The van der Waals surface area contributed by atoms with E-state index in [-0.39, 0.29) is 11.5 Å². The number of unbranched alkanes of at least 4 members (excludes halogenated alkanes) is 6. The van der Waals surface area contributed by atoms with E-state index in [0.29, 0.717) is 5.92 Å². The Balaban J connectivity index is 1.78. The van der Waals surface area contributed by atoms with Gasteiger partial charge in [0, 0.05) is 5.41 Å². The largest absolute Gasteiger partial charge is 0.388 e. The van der Waals surface area contributed by atoms with Crippen molar-refractivity contribution < 1.29 is 5.11 Å². The van der Waals surface area contributed by atoms with Crippen LogP contribution in [0.4, 0.5) is 0 Å². The van der Waals surface area contributed by atoms with E-state index in [1.54, 1.807) is 5.56 Å². The molecule has 0 aromatic heterocycles. The molecule has 0 amide bonds. The highest BCUT2D eigenvalue weighted by Gasteiger charge is 2.43. The van der Waals surface area contributed by atoms with E-state index in [0.717, 1.165) is 6.42 Å². The Morgan fingerprint density at radius 3 is 2.17 bits per heavy atom. The molecule has 0 saturated heterocycles. The normalized spacial score (nSPS) is 20.8. The second kappa shape index (κ2) is 9.27. The summed E-state index contributed by atoms with van der Waals surface area (Å²) in [7, 11) is 0. The Hall–Kier alpha value is -1.60. The zero-order valence-electron chi connectivity index (χ0n) is 19.3. The molecular formula is C29H40O. The highest BCUT2D eigenvalue weighted by Crippen LogP contribution is 2.56. The number of fused-ring (bicyclic) bond motifs is 4. The molecule has 1 nitrogen and oxygen atoms in total. The molecule has 2 aliphatic carbocycles. The van der Waals surface area contributed by atoms with Crippen LogP contribution >= 0.6 is 0 Å². The van der Waals surface area contributed by atoms with Crippen LogP contribution in [-0.2, 0) is 11.8 Å². The first kappa shape index (κ1) is 21.6. The lowest BCUT2D eigenvalue weighted by Crippen LogP contribution is -2.26. The maximum atomic E-state index is 10.9. The highest BCUT2D eigenvalue weighted by atomic mass is 16.3. The van der Waals surface area contributed by atoms with Gasteiger partial charge in [-0.1, -0.05) is 109 Å². The zero-order valence-corrected chi connectivity index (χ0v) is 19.3. The number of hydrogen-bond donors (Lipinski definition) is 1. The summed E-state index contributed by atoms with van der Waals surface area (Å²) in [5, 5.41) is 10.9. The molecule has 2 aliphatic rings. The van der Waals surface area contributed by atoms with Gasteiger partial charge in [-0.3, -0.25) is 0 Å². The Labute approximate surface area is 183 Å². The number of rotatable bonds is 10. The summed E-state index contributed by atoms with van der Waals surface area (Å²) in [6.45, 7) is 6.78. The molecule has 0 bridgehead atoms. The molecule has 0 fully saturated rings. The van der Waals surface area contributed by atoms with E-state index in [4.69, 9.17) is 0 Å². The molecule has 0 saturated carbocycles. The van der Waals surface area contributed by atoms with Crippen molar-refractivity contribution in [2.75, 3.05) is 0 Å². The predicted molar refractivity (Wildman–Crippen MR) is 128 cm³/mol. The van der Waals surface area contributed by atoms with E-state index in [1.165, 1.54) is 92.0 Å². The summed E-state index contributed by atoms with van der Waals surface area (Å²) >= 11 is 0.